The van der Waals surface area contributed by atoms with Crippen molar-refractivity contribution in [3.05, 3.63) is 22.8 Å². The van der Waals surface area contributed by atoms with Crippen LogP contribution in [0.1, 0.15) is 78.1 Å². The van der Waals surface area contributed by atoms with Crippen molar-refractivity contribution in [1.29, 1.82) is 0 Å². The highest BCUT2D eigenvalue weighted by molar-refractivity contribution is 6.43. The Labute approximate surface area is 202 Å². The van der Waals surface area contributed by atoms with E-state index in [9.17, 15) is 29.8 Å². The average Bonchev–Trinajstić information content (AvgIpc) is 2.73. The molecule has 0 heterocycles. The summed E-state index contributed by atoms with van der Waals surface area (Å²) in [5, 5.41) is 34.0. The van der Waals surface area contributed by atoms with Gasteiger partial charge in [0, 0.05) is 13.0 Å². The lowest BCUT2D eigenvalue weighted by atomic mass is 9.75. The number of aliphatic imine (C=N–C) groups is 1. The molecule has 0 radical (unpaired) electrons. The highest BCUT2D eigenvalue weighted by Gasteiger charge is 2.29. The number of guanidine groups is 1. The van der Waals surface area contributed by atoms with Gasteiger partial charge in [0.25, 0.3) is 5.96 Å². The molecular weight excluding hydrogens is 443 g/mol. The first kappa shape index (κ1) is 31.3. The zero-order chi connectivity index (χ0) is 25.9. The van der Waals surface area contributed by atoms with E-state index in [0.717, 1.165) is 32.1 Å². The molecule has 0 aliphatic carbocycles. The van der Waals surface area contributed by atoms with Crippen LogP contribution in [0.2, 0.25) is 0 Å². The molecule has 0 aromatic rings. The summed E-state index contributed by atoms with van der Waals surface area (Å²) in [6.07, 6.45) is 8.80. The summed E-state index contributed by atoms with van der Waals surface area (Å²) in [5.74, 6) is -1.92. The molecule has 0 aliphatic heterocycles. The van der Waals surface area contributed by atoms with Crippen molar-refractivity contribution >= 4 is 24.9 Å². The Bertz CT molecular complexity index is 662. The molecule has 2 amide bonds. The van der Waals surface area contributed by atoms with Gasteiger partial charge in [-0.3, -0.25) is 9.59 Å². The van der Waals surface area contributed by atoms with Crippen LogP contribution in [0.5, 0.6) is 0 Å². The molecule has 13 heteroatoms. The Hall–Kier alpha value is -2.67. The summed E-state index contributed by atoms with van der Waals surface area (Å²) in [5.41, 5.74) is 7.10. The van der Waals surface area contributed by atoms with Crippen molar-refractivity contribution in [3.8, 4) is 0 Å². The van der Waals surface area contributed by atoms with Crippen LogP contribution < -0.4 is 21.8 Å². The summed E-state index contributed by atoms with van der Waals surface area (Å²) in [4.78, 5) is 39.4. The monoisotopic (exact) mass is 484 g/mol. The smallest absolute Gasteiger partial charge is 0.426 e. The molecule has 0 bridgehead atoms. The summed E-state index contributed by atoms with van der Waals surface area (Å²) in [6, 6.07) is -0.909. The van der Waals surface area contributed by atoms with Gasteiger partial charge < -0.3 is 26.4 Å². The van der Waals surface area contributed by atoms with E-state index in [1.165, 1.54) is 0 Å². The number of nitrogens with one attached hydrogen (secondary N) is 3. The van der Waals surface area contributed by atoms with E-state index in [4.69, 9.17) is 5.73 Å². The van der Waals surface area contributed by atoms with E-state index in [1.54, 1.807) is 5.43 Å². The lowest BCUT2D eigenvalue weighted by molar-refractivity contribution is -0.525. The number of rotatable bonds is 19. The standard InChI is InChI=1S/C21H41BN6O6/c1-4-5-6-7-8-9-10-13-19(29)25-17(12-11-14-24-21(23)27-28(33)34)20(30)26-18(22(31)32)15-16(2)3/h4,16-18,31-32H,1,5-15H2,2-3H3,(H,25,29)(H,26,30)(H3,23,24,27)/t17-,18-/m0/s1. The molecule has 0 unspecified atom stereocenters. The van der Waals surface area contributed by atoms with Gasteiger partial charge in [-0.15, -0.1) is 6.58 Å². The van der Waals surface area contributed by atoms with Crippen LogP contribution in [0.25, 0.3) is 0 Å². The second-order valence-electron chi connectivity index (χ2n) is 8.65. The molecule has 12 nitrogen and oxygen atoms in total. The van der Waals surface area contributed by atoms with Crippen molar-refractivity contribution < 1.29 is 24.7 Å². The first-order chi connectivity index (χ1) is 16.1. The number of allylic oxidation sites excluding steroid dienone is 1. The minimum absolute atomic E-state index is 0.106. The van der Waals surface area contributed by atoms with Crippen LogP contribution in [0, 0.1) is 16.0 Å². The van der Waals surface area contributed by atoms with Gasteiger partial charge in [-0.1, -0.05) is 44.6 Å². The van der Waals surface area contributed by atoms with E-state index in [-0.39, 0.29) is 37.2 Å². The molecule has 194 valence electrons. The number of carbonyl (C=O) groups excluding carboxylic acids is 2. The van der Waals surface area contributed by atoms with E-state index >= 15 is 0 Å². The second-order valence-corrected chi connectivity index (χ2v) is 8.65. The fourth-order valence-electron chi connectivity index (χ4n) is 3.31. The van der Waals surface area contributed by atoms with Crippen LogP contribution in [0.3, 0.4) is 0 Å². The quantitative estimate of drug-likeness (QED) is 0.0295. The molecule has 0 saturated carbocycles. The fraction of sp³-hybridized carbons (Fsp3) is 0.762. The van der Waals surface area contributed by atoms with E-state index < -0.39 is 30.0 Å². The molecule has 0 saturated heterocycles. The van der Waals surface area contributed by atoms with Gasteiger partial charge in [0.15, 0.2) is 5.03 Å². The van der Waals surface area contributed by atoms with Gasteiger partial charge in [0.1, 0.15) is 6.04 Å². The number of carbonyl (C=O) groups is 2. The van der Waals surface area contributed by atoms with Gasteiger partial charge >= 0.3 is 7.12 Å². The van der Waals surface area contributed by atoms with Crippen molar-refractivity contribution in [2.45, 2.75) is 90.0 Å². The Balaban J connectivity index is 4.87. The topological polar surface area (TPSA) is 192 Å². The highest BCUT2D eigenvalue weighted by atomic mass is 16.7. The van der Waals surface area contributed by atoms with Gasteiger partial charge in [0.05, 0.1) is 5.94 Å². The zero-order valence-electron chi connectivity index (χ0n) is 20.4. The molecule has 0 fully saturated rings. The molecule has 34 heavy (non-hydrogen) atoms. The van der Waals surface area contributed by atoms with Crippen molar-refractivity contribution in [3.63, 3.8) is 0 Å². The van der Waals surface area contributed by atoms with Gasteiger partial charge in [-0.25, -0.2) is 15.1 Å². The van der Waals surface area contributed by atoms with E-state index in [1.807, 2.05) is 19.9 Å². The Morgan fingerprint density at radius 2 is 1.79 bits per heavy atom. The maximum Gasteiger partial charge on any atom is 0.475 e. The molecule has 2 atom stereocenters. The van der Waals surface area contributed by atoms with Gasteiger partial charge in [0.2, 0.25) is 11.8 Å². The van der Waals surface area contributed by atoms with Crippen molar-refractivity contribution in [2.75, 3.05) is 6.54 Å². The maximum absolute atomic E-state index is 12.8. The van der Waals surface area contributed by atoms with Gasteiger partial charge in [-0.05, 0) is 44.4 Å². The number of amides is 2. The zero-order valence-corrected chi connectivity index (χ0v) is 20.4. The molecule has 0 aromatic carbocycles. The third-order valence-electron chi connectivity index (χ3n) is 5.02. The number of nitrogens with zero attached hydrogens (tertiary/aromatic N) is 2. The predicted octanol–water partition coefficient (Wildman–Crippen LogP) is 0.807. The number of nitrogens with two attached hydrogens (primary N) is 1. The third kappa shape index (κ3) is 16.9. The number of hydrazine groups is 1. The number of nitro groups is 1. The van der Waals surface area contributed by atoms with Crippen LogP contribution in [-0.4, -0.2) is 58.5 Å². The highest BCUT2D eigenvalue weighted by Crippen LogP contribution is 2.09. The Kier molecular flexibility index (Phi) is 17.3. The summed E-state index contributed by atoms with van der Waals surface area (Å²) < 4.78 is 0. The number of hydrogen-bond donors (Lipinski definition) is 6. The minimum atomic E-state index is -1.73. The number of unbranched alkanes of at least 4 members (excludes halogenated alkanes) is 5. The molecule has 0 aromatic heterocycles. The normalized spacial score (nSPS) is 13.1. The summed E-state index contributed by atoms with van der Waals surface area (Å²) in [7, 11) is -1.73. The van der Waals surface area contributed by atoms with Crippen LogP contribution in [-0.2, 0) is 9.59 Å². The molecule has 0 rings (SSSR count). The van der Waals surface area contributed by atoms with Crippen LogP contribution in [0.4, 0.5) is 0 Å². The van der Waals surface area contributed by atoms with Gasteiger partial charge in [-0.2, -0.15) is 0 Å². The minimum Gasteiger partial charge on any atom is -0.426 e. The average molecular weight is 484 g/mol. The molecule has 0 aliphatic rings. The number of hydrogen-bond acceptors (Lipinski definition) is 7. The lowest BCUT2D eigenvalue weighted by Gasteiger charge is -2.24. The first-order valence-electron chi connectivity index (χ1n) is 11.8. The fourth-order valence-corrected chi connectivity index (χ4v) is 3.31. The third-order valence-corrected chi connectivity index (χ3v) is 5.02. The lowest BCUT2D eigenvalue weighted by Crippen LogP contribution is -2.54. The summed E-state index contributed by atoms with van der Waals surface area (Å²) >= 11 is 0. The first-order valence-corrected chi connectivity index (χ1v) is 11.8. The van der Waals surface area contributed by atoms with Crippen molar-refractivity contribution in [2.24, 2.45) is 16.6 Å². The van der Waals surface area contributed by atoms with E-state index in [2.05, 4.69) is 22.2 Å². The van der Waals surface area contributed by atoms with Crippen LogP contribution >= 0.6 is 0 Å². The van der Waals surface area contributed by atoms with E-state index in [0.29, 0.717) is 19.3 Å². The Morgan fingerprint density at radius 1 is 1.15 bits per heavy atom. The molecular formula is C21H41BN6O6. The van der Waals surface area contributed by atoms with Crippen molar-refractivity contribution in [1.82, 2.24) is 16.1 Å². The second kappa shape index (κ2) is 18.7. The molecule has 7 N–H and O–H groups in total. The molecule has 0 spiro atoms. The SMILES string of the molecule is C=CCCCCCCCC(=O)N[C@@H](CCCN=C(N)N[N+](=O)[O-])C(=O)N[C@@H](CC(C)C)B(O)O. The predicted molar refractivity (Wildman–Crippen MR) is 132 cm³/mol. The van der Waals surface area contributed by atoms with Crippen LogP contribution in [0.15, 0.2) is 17.6 Å². The maximum atomic E-state index is 12.8. The largest absolute Gasteiger partial charge is 0.475 e. The Morgan fingerprint density at radius 3 is 2.38 bits per heavy atom. The summed E-state index contributed by atoms with van der Waals surface area (Å²) in [6.45, 7) is 7.57.